The van der Waals surface area contributed by atoms with Crippen LogP contribution in [0.4, 0.5) is 18.9 Å². The number of allylic oxidation sites excluding steroid dienone is 1. The van der Waals surface area contributed by atoms with E-state index in [9.17, 15) is 32.8 Å². The number of methoxy groups -OCH3 is 1. The van der Waals surface area contributed by atoms with Gasteiger partial charge in [-0.15, -0.1) is 0 Å². The van der Waals surface area contributed by atoms with Gasteiger partial charge in [0.2, 0.25) is 11.8 Å². The zero-order valence-corrected chi connectivity index (χ0v) is 18.5. The molecular weight excluding hydrogens is 471 g/mol. The van der Waals surface area contributed by atoms with Crippen LogP contribution in [-0.4, -0.2) is 30.6 Å². The average Bonchev–Trinajstić information content (AvgIpc) is 2.82. The number of halogens is 3. The van der Waals surface area contributed by atoms with Crippen molar-refractivity contribution in [1.82, 2.24) is 5.32 Å². The Labute approximate surface area is 197 Å². The summed E-state index contributed by atoms with van der Waals surface area (Å²) in [5.74, 6) is -4.69. The third kappa shape index (κ3) is 5.58. The number of ether oxygens (including phenoxy) is 1. The van der Waals surface area contributed by atoms with Gasteiger partial charge in [0.15, 0.2) is 0 Å². The Morgan fingerprint density at radius 1 is 1.18 bits per heavy atom. The SMILES string of the molecule is COC(=O)[C@H]1C(=O)NC(SCC(=O)Nc2cccc(C(F)(F)F)c2)=C(C#N)[C@@H]1c1ccccc1. The largest absolute Gasteiger partial charge is 0.468 e. The molecule has 0 spiro atoms. The molecule has 2 N–H and O–H groups in total. The zero-order chi connectivity index (χ0) is 24.9. The van der Waals surface area contributed by atoms with E-state index >= 15 is 0 Å². The number of carbonyl (C=O) groups excluding carboxylic acids is 3. The van der Waals surface area contributed by atoms with E-state index in [1.807, 2.05) is 6.07 Å². The monoisotopic (exact) mass is 489 g/mol. The topological polar surface area (TPSA) is 108 Å². The highest BCUT2D eigenvalue weighted by atomic mass is 32.2. The van der Waals surface area contributed by atoms with E-state index in [-0.39, 0.29) is 22.0 Å². The van der Waals surface area contributed by atoms with E-state index in [0.29, 0.717) is 5.56 Å². The van der Waals surface area contributed by atoms with Crippen molar-refractivity contribution in [2.75, 3.05) is 18.2 Å². The van der Waals surface area contributed by atoms with Gasteiger partial charge in [-0.3, -0.25) is 14.4 Å². The second-order valence-electron chi connectivity index (χ2n) is 7.15. The fraction of sp³-hybridized carbons (Fsp3) is 0.217. The molecule has 1 aliphatic heterocycles. The number of nitrogens with one attached hydrogen (secondary N) is 2. The molecule has 0 unspecified atom stereocenters. The molecule has 0 aliphatic carbocycles. The summed E-state index contributed by atoms with van der Waals surface area (Å²) < 4.78 is 43.4. The predicted molar refractivity (Wildman–Crippen MR) is 118 cm³/mol. The Hall–Kier alpha value is -3.78. The van der Waals surface area contributed by atoms with Crippen molar-refractivity contribution in [3.63, 3.8) is 0 Å². The van der Waals surface area contributed by atoms with E-state index in [1.54, 1.807) is 30.3 Å². The Balaban J connectivity index is 1.83. The maximum Gasteiger partial charge on any atom is 0.416 e. The van der Waals surface area contributed by atoms with Gasteiger partial charge in [0, 0.05) is 11.6 Å². The van der Waals surface area contributed by atoms with Crippen LogP contribution in [0.1, 0.15) is 17.0 Å². The minimum atomic E-state index is -4.56. The number of alkyl halides is 3. The summed E-state index contributed by atoms with van der Waals surface area (Å²) in [6.07, 6.45) is -4.56. The minimum Gasteiger partial charge on any atom is -0.468 e. The number of benzene rings is 2. The molecule has 0 bridgehead atoms. The van der Waals surface area contributed by atoms with Crippen molar-refractivity contribution in [3.8, 4) is 6.07 Å². The first-order valence-corrected chi connectivity index (χ1v) is 10.8. The van der Waals surface area contributed by atoms with E-state index in [0.717, 1.165) is 31.0 Å². The van der Waals surface area contributed by atoms with Crippen LogP contribution < -0.4 is 10.6 Å². The Bertz CT molecular complexity index is 1180. The summed E-state index contributed by atoms with van der Waals surface area (Å²) in [6.45, 7) is 0. The van der Waals surface area contributed by atoms with Gasteiger partial charge in [0.1, 0.15) is 5.92 Å². The van der Waals surface area contributed by atoms with Crippen LogP contribution in [0.15, 0.2) is 65.2 Å². The molecule has 3 rings (SSSR count). The molecule has 2 amide bonds. The summed E-state index contributed by atoms with van der Waals surface area (Å²) in [7, 11) is 1.13. The third-order valence-corrected chi connectivity index (χ3v) is 5.98. The lowest BCUT2D eigenvalue weighted by Gasteiger charge is -2.30. The number of esters is 1. The molecule has 11 heteroatoms. The fourth-order valence-corrected chi connectivity index (χ4v) is 4.30. The highest BCUT2D eigenvalue weighted by molar-refractivity contribution is 8.03. The Morgan fingerprint density at radius 2 is 1.88 bits per heavy atom. The molecule has 0 saturated heterocycles. The number of carbonyl (C=O) groups is 3. The van der Waals surface area contributed by atoms with Gasteiger partial charge in [-0.2, -0.15) is 18.4 Å². The van der Waals surface area contributed by atoms with Crippen LogP contribution in [-0.2, 0) is 25.3 Å². The average molecular weight is 489 g/mol. The number of thioether (sulfide) groups is 1. The van der Waals surface area contributed by atoms with Crippen LogP contribution in [0.3, 0.4) is 0 Å². The first-order chi connectivity index (χ1) is 16.2. The summed E-state index contributed by atoms with van der Waals surface area (Å²) in [5, 5.41) is 14.8. The first-order valence-electron chi connectivity index (χ1n) is 9.83. The second-order valence-corrected chi connectivity index (χ2v) is 8.13. The lowest BCUT2D eigenvalue weighted by Crippen LogP contribution is -2.44. The number of rotatable bonds is 6. The maximum atomic E-state index is 12.9. The van der Waals surface area contributed by atoms with E-state index < -0.39 is 41.4 Å². The highest BCUT2D eigenvalue weighted by Crippen LogP contribution is 2.40. The van der Waals surface area contributed by atoms with Gasteiger partial charge >= 0.3 is 12.1 Å². The van der Waals surface area contributed by atoms with Crippen molar-refractivity contribution in [1.29, 1.82) is 5.26 Å². The molecular formula is C23H18F3N3O4S. The van der Waals surface area contributed by atoms with Crippen LogP contribution in [0.5, 0.6) is 0 Å². The molecule has 0 radical (unpaired) electrons. The van der Waals surface area contributed by atoms with Gasteiger partial charge < -0.3 is 15.4 Å². The van der Waals surface area contributed by atoms with Crippen molar-refractivity contribution in [3.05, 3.63) is 76.3 Å². The van der Waals surface area contributed by atoms with Crippen molar-refractivity contribution >= 4 is 35.2 Å². The molecule has 2 aromatic rings. The predicted octanol–water partition coefficient (Wildman–Crippen LogP) is 3.82. The molecule has 7 nitrogen and oxygen atoms in total. The standard InChI is InChI=1S/C23H18F3N3O4S/c1-33-22(32)19-18(13-6-3-2-4-7-13)16(11-27)21(29-20(19)31)34-12-17(30)28-15-9-5-8-14(10-15)23(24,25)26/h2-10,18-19H,12H2,1H3,(H,28,30)(H,29,31)/t18-,19+/m0/s1. The van der Waals surface area contributed by atoms with Crippen LogP contribution in [0.25, 0.3) is 0 Å². The number of hydrogen-bond acceptors (Lipinski definition) is 6. The summed E-state index contributed by atoms with van der Waals surface area (Å²) in [4.78, 5) is 37.4. The molecule has 1 heterocycles. The van der Waals surface area contributed by atoms with Crippen LogP contribution in [0.2, 0.25) is 0 Å². The van der Waals surface area contributed by atoms with Crippen LogP contribution >= 0.6 is 11.8 Å². The molecule has 2 atom stereocenters. The molecule has 1 aliphatic rings. The van der Waals surface area contributed by atoms with Gasteiger partial charge in [-0.05, 0) is 23.8 Å². The smallest absolute Gasteiger partial charge is 0.416 e. The third-order valence-electron chi connectivity index (χ3n) is 4.96. The lowest BCUT2D eigenvalue weighted by molar-refractivity contribution is -0.150. The fourth-order valence-electron chi connectivity index (χ4n) is 3.45. The Kier molecular flexibility index (Phi) is 7.63. The second kappa shape index (κ2) is 10.4. The molecule has 176 valence electrons. The normalized spacial score (nSPS) is 18.0. The first kappa shape index (κ1) is 24.9. The number of amides is 2. The van der Waals surface area contributed by atoms with E-state index in [2.05, 4.69) is 10.6 Å². The van der Waals surface area contributed by atoms with Crippen LogP contribution in [0, 0.1) is 17.2 Å². The zero-order valence-electron chi connectivity index (χ0n) is 17.7. The molecule has 0 fully saturated rings. The minimum absolute atomic E-state index is 0.0458. The van der Waals surface area contributed by atoms with Gasteiger partial charge in [-0.1, -0.05) is 48.2 Å². The van der Waals surface area contributed by atoms with Gasteiger partial charge in [-0.25, -0.2) is 0 Å². The number of anilines is 1. The van der Waals surface area contributed by atoms with Crippen molar-refractivity contribution in [2.45, 2.75) is 12.1 Å². The van der Waals surface area contributed by atoms with Crippen molar-refractivity contribution in [2.24, 2.45) is 5.92 Å². The molecule has 0 aromatic heterocycles. The molecule has 0 saturated carbocycles. The quantitative estimate of drug-likeness (QED) is 0.472. The number of nitriles is 1. The van der Waals surface area contributed by atoms with Crippen molar-refractivity contribution < 1.29 is 32.3 Å². The lowest BCUT2D eigenvalue weighted by atomic mass is 9.78. The molecule has 34 heavy (non-hydrogen) atoms. The summed E-state index contributed by atoms with van der Waals surface area (Å²) >= 11 is 0.829. The maximum absolute atomic E-state index is 12.9. The number of nitrogens with zero attached hydrogens (tertiary/aromatic N) is 1. The summed E-state index contributed by atoms with van der Waals surface area (Å²) in [6, 6.07) is 14.6. The van der Waals surface area contributed by atoms with E-state index in [1.165, 1.54) is 12.1 Å². The van der Waals surface area contributed by atoms with E-state index in [4.69, 9.17) is 4.74 Å². The highest BCUT2D eigenvalue weighted by Gasteiger charge is 2.44. The summed E-state index contributed by atoms with van der Waals surface area (Å²) in [5.41, 5.74) is -0.351. The van der Waals surface area contributed by atoms with Gasteiger partial charge in [0.25, 0.3) is 0 Å². The van der Waals surface area contributed by atoms with Gasteiger partial charge in [0.05, 0.1) is 35.1 Å². The molecule has 2 aromatic carbocycles. The number of hydrogen-bond donors (Lipinski definition) is 2. The Morgan fingerprint density at radius 3 is 2.50 bits per heavy atom.